The Labute approximate surface area is 111 Å². The second-order valence-corrected chi connectivity index (χ2v) is 5.17. The minimum Gasteiger partial charge on any atom is -0.480 e. The van der Waals surface area contributed by atoms with E-state index >= 15 is 0 Å². The van der Waals surface area contributed by atoms with E-state index in [0.29, 0.717) is 24.6 Å². The summed E-state index contributed by atoms with van der Waals surface area (Å²) in [5.74, 6) is -0.486. The molecule has 0 aromatic carbocycles. The molecule has 1 aliphatic heterocycles. The molecule has 2 rings (SSSR count). The molecule has 0 aliphatic carbocycles. The maximum atomic E-state index is 12.4. The minimum atomic E-state index is -0.956. The van der Waals surface area contributed by atoms with Crippen molar-refractivity contribution >= 4 is 11.9 Å². The molecule has 1 aliphatic rings. The van der Waals surface area contributed by atoms with Gasteiger partial charge in [0.25, 0.3) is 5.91 Å². The molecule has 1 aromatic heterocycles. The third-order valence-electron chi connectivity index (χ3n) is 3.45. The van der Waals surface area contributed by atoms with Crippen LogP contribution in [-0.2, 0) is 4.79 Å². The number of amides is 1. The second kappa shape index (κ2) is 5.42. The van der Waals surface area contributed by atoms with Gasteiger partial charge >= 0.3 is 5.97 Å². The smallest absolute Gasteiger partial charge is 0.326 e. The Morgan fingerprint density at radius 3 is 2.79 bits per heavy atom. The highest BCUT2D eigenvalue weighted by molar-refractivity contribution is 5.95. The van der Waals surface area contributed by atoms with Crippen LogP contribution < -0.4 is 0 Å². The number of aromatic nitrogens is 1. The first-order valence-electron chi connectivity index (χ1n) is 6.46. The number of carbonyl (C=O) groups is 2. The molecule has 1 N–H and O–H groups in total. The molecule has 19 heavy (non-hydrogen) atoms. The Kier molecular flexibility index (Phi) is 3.87. The summed E-state index contributed by atoms with van der Waals surface area (Å²) in [4.78, 5) is 25.1. The molecular weight excluding hydrogens is 248 g/mol. The topological polar surface area (TPSA) is 83.6 Å². The summed E-state index contributed by atoms with van der Waals surface area (Å²) in [6.45, 7) is 4.17. The van der Waals surface area contributed by atoms with E-state index in [-0.39, 0.29) is 11.6 Å². The first-order valence-corrected chi connectivity index (χ1v) is 6.46. The van der Waals surface area contributed by atoms with Gasteiger partial charge in [-0.3, -0.25) is 4.79 Å². The Morgan fingerprint density at radius 2 is 2.21 bits per heavy atom. The Hall–Kier alpha value is -1.85. The van der Waals surface area contributed by atoms with Gasteiger partial charge in [0, 0.05) is 12.6 Å². The highest BCUT2D eigenvalue weighted by Crippen LogP contribution is 2.23. The van der Waals surface area contributed by atoms with Gasteiger partial charge < -0.3 is 14.5 Å². The van der Waals surface area contributed by atoms with E-state index in [9.17, 15) is 14.7 Å². The average molecular weight is 266 g/mol. The van der Waals surface area contributed by atoms with Crippen molar-refractivity contribution in [3.05, 3.63) is 17.5 Å². The lowest BCUT2D eigenvalue weighted by Crippen LogP contribution is -2.45. The molecule has 1 aromatic rings. The van der Waals surface area contributed by atoms with Crippen molar-refractivity contribution < 1.29 is 19.2 Å². The first-order chi connectivity index (χ1) is 8.99. The van der Waals surface area contributed by atoms with Gasteiger partial charge in [-0.2, -0.15) is 0 Å². The lowest BCUT2D eigenvalue weighted by molar-refractivity contribution is -0.142. The van der Waals surface area contributed by atoms with E-state index in [4.69, 9.17) is 4.52 Å². The summed E-state index contributed by atoms with van der Waals surface area (Å²) in [7, 11) is 0. The van der Waals surface area contributed by atoms with Crippen LogP contribution in [0.2, 0.25) is 0 Å². The summed E-state index contributed by atoms with van der Waals surface area (Å²) in [6.07, 6.45) is 2.24. The van der Waals surface area contributed by atoms with Crippen LogP contribution in [-0.4, -0.2) is 39.6 Å². The third kappa shape index (κ3) is 2.94. The zero-order chi connectivity index (χ0) is 14.0. The molecule has 0 saturated carbocycles. The molecule has 2 heterocycles. The standard InChI is InChI=1S/C13H18N2O4/c1-8-4-3-5-11(13(17)18)15(7-8)12(16)10-6-9(2)19-14-10/h6,8,11H,3-5,7H2,1-2H3,(H,17,18). The van der Waals surface area contributed by atoms with Gasteiger partial charge in [0.2, 0.25) is 0 Å². The zero-order valence-corrected chi connectivity index (χ0v) is 11.1. The van der Waals surface area contributed by atoms with E-state index < -0.39 is 12.0 Å². The number of hydrogen-bond donors (Lipinski definition) is 1. The summed E-state index contributed by atoms with van der Waals surface area (Å²) in [6, 6.07) is 0.769. The molecule has 1 amide bonds. The van der Waals surface area contributed by atoms with Gasteiger partial charge in [-0.05, 0) is 25.7 Å². The van der Waals surface area contributed by atoms with Crippen molar-refractivity contribution in [2.75, 3.05) is 6.54 Å². The van der Waals surface area contributed by atoms with Crippen LogP contribution in [0.5, 0.6) is 0 Å². The van der Waals surface area contributed by atoms with Crippen molar-refractivity contribution in [2.45, 2.75) is 39.2 Å². The average Bonchev–Trinajstić information content (AvgIpc) is 2.67. The van der Waals surface area contributed by atoms with E-state index in [1.807, 2.05) is 6.92 Å². The van der Waals surface area contributed by atoms with E-state index in [2.05, 4.69) is 5.16 Å². The number of nitrogens with zero attached hydrogens (tertiary/aromatic N) is 2. The number of carboxylic acids is 1. The molecule has 2 atom stereocenters. The van der Waals surface area contributed by atoms with Gasteiger partial charge in [-0.15, -0.1) is 0 Å². The predicted octanol–water partition coefficient (Wildman–Crippen LogP) is 1.70. The Balaban J connectivity index is 2.26. The lowest BCUT2D eigenvalue weighted by atomic mass is 10.1. The van der Waals surface area contributed by atoms with Crippen molar-refractivity contribution in [1.82, 2.24) is 10.1 Å². The Bertz CT molecular complexity index is 483. The minimum absolute atomic E-state index is 0.179. The van der Waals surface area contributed by atoms with Gasteiger partial charge in [0.1, 0.15) is 11.8 Å². The van der Waals surface area contributed by atoms with Crippen LogP contribution in [0, 0.1) is 12.8 Å². The van der Waals surface area contributed by atoms with E-state index in [0.717, 1.165) is 12.8 Å². The summed E-state index contributed by atoms with van der Waals surface area (Å²) >= 11 is 0. The zero-order valence-electron chi connectivity index (χ0n) is 11.1. The van der Waals surface area contributed by atoms with Crippen LogP contribution in [0.3, 0.4) is 0 Å². The normalized spacial score (nSPS) is 24.0. The molecule has 6 nitrogen and oxygen atoms in total. The fourth-order valence-electron chi connectivity index (χ4n) is 2.47. The van der Waals surface area contributed by atoms with Crippen LogP contribution in [0.15, 0.2) is 10.6 Å². The van der Waals surface area contributed by atoms with E-state index in [1.54, 1.807) is 6.92 Å². The molecule has 0 bridgehead atoms. The van der Waals surface area contributed by atoms with Crippen molar-refractivity contribution in [3.63, 3.8) is 0 Å². The second-order valence-electron chi connectivity index (χ2n) is 5.17. The quantitative estimate of drug-likeness (QED) is 0.880. The maximum Gasteiger partial charge on any atom is 0.326 e. The van der Waals surface area contributed by atoms with Crippen molar-refractivity contribution in [1.29, 1.82) is 0 Å². The van der Waals surface area contributed by atoms with Crippen LogP contribution >= 0.6 is 0 Å². The number of aryl methyl sites for hydroxylation is 1. The van der Waals surface area contributed by atoms with Gasteiger partial charge in [0.05, 0.1) is 0 Å². The number of aliphatic carboxylic acids is 1. The molecular formula is C13H18N2O4. The highest BCUT2D eigenvalue weighted by Gasteiger charge is 2.34. The van der Waals surface area contributed by atoms with Crippen LogP contribution in [0.1, 0.15) is 42.4 Å². The SMILES string of the molecule is Cc1cc(C(=O)N2CC(C)CCCC2C(=O)O)no1. The van der Waals surface area contributed by atoms with Crippen LogP contribution in [0.25, 0.3) is 0 Å². The number of hydrogen-bond acceptors (Lipinski definition) is 4. The fraction of sp³-hybridized carbons (Fsp3) is 0.615. The monoisotopic (exact) mass is 266 g/mol. The fourth-order valence-corrected chi connectivity index (χ4v) is 2.47. The summed E-state index contributed by atoms with van der Waals surface area (Å²) in [5, 5.41) is 13.0. The maximum absolute atomic E-state index is 12.4. The molecule has 2 unspecified atom stereocenters. The molecule has 104 valence electrons. The number of carbonyl (C=O) groups excluding carboxylic acids is 1. The summed E-state index contributed by atoms with van der Waals surface area (Å²) in [5.41, 5.74) is 0.179. The largest absolute Gasteiger partial charge is 0.480 e. The number of likely N-dealkylation sites (tertiary alicyclic amines) is 1. The first kappa shape index (κ1) is 13.6. The summed E-state index contributed by atoms with van der Waals surface area (Å²) < 4.78 is 4.89. The van der Waals surface area contributed by atoms with Gasteiger partial charge in [-0.25, -0.2) is 4.79 Å². The van der Waals surface area contributed by atoms with Crippen molar-refractivity contribution in [3.8, 4) is 0 Å². The molecule has 1 fully saturated rings. The molecule has 0 radical (unpaired) electrons. The Morgan fingerprint density at radius 1 is 1.47 bits per heavy atom. The number of carboxylic acid groups (broad SMARTS) is 1. The number of rotatable bonds is 2. The molecule has 1 saturated heterocycles. The molecule has 0 spiro atoms. The van der Waals surface area contributed by atoms with Crippen LogP contribution in [0.4, 0.5) is 0 Å². The molecule has 6 heteroatoms. The predicted molar refractivity (Wildman–Crippen MR) is 66.7 cm³/mol. The van der Waals surface area contributed by atoms with Gasteiger partial charge in [-0.1, -0.05) is 18.5 Å². The van der Waals surface area contributed by atoms with Gasteiger partial charge in [0.15, 0.2) is 5.69 Å². The van der Waals surface area contributed by atoms with E-state index in [1.165, 1.54) is 11.0 Å². The third-order valence-corrected chi connectivity index (χ3v) is 3.45. The lowest BCUT2D eigenvalue weighted by Gasteiger charge is -2.27. The van der Waals surface area contributed by atoms with Crippen molar-refractivity contribution in [2.24, 2.45) is 5.92 Å². The highest BCUT2D eigenvalue weighted by atomic mass is 16.5.